The fraction of sp³-hybridized carbons (Fsp3) is 0.750. The van der Waals surface area contributed by atoms with Gasteiger partial charge in [-0.2, -0.15) is 5.10 Å². The lowest BCUT2D eigenvalue weighted by molar-refractivity contribution is -0.0448. The molecule has 0 radical (unpaired) electrons. The summed E-state index contributed by atoms with van der Waals surface area (Å²) in [5, 5.41) is 4.91. The molecule has 5 heteroatoms. The van der Waals surface area contributed by atoms with Gasteiger partial charge in [0.15, 0.2) is 0 Å². The summed E-state index contributed by atoms with van der Waals surface area (Å²) in [6.45, 7) is 3.96. The first-order chi connectivity index (χ1) is 8.18. The normalized spacial score (nSPS) is 20.8. The van der Waals surface area contributed by atoms with E-state index in [1.807, 2.05) is 14.0 Å². The summed E-state index contributed by atoms with van der Waals surface area (Å²) >= 11 is 6.12. The number of ether oxygens (including phenoxy) is 2. The fourth-order valence-electron chi connectivity index (χ4n) is 2.07. The lowest BCUT2D eigenvalue weighted by Gasteiger charge is -2.22. The molecule has 1 aliphatic heterocycles. The van der Waals surface area contributed by atoms with Crippen LogP contribution in [0.15, 0.2) is 0 Å². The average Bonchev–Trinajstić information content (AvgIpc) is 2.57. The molecule has 1 atom stereocenters. The van der Waals surface area contributed by atoms with Crippen molar-refractivity contribution < 1.29 is 9.47 Å². The van der Waals surface area contributed by atoms with Crippen molar-refractivity contribution >= 4 is 11.6 Å². The van der Waals surface area contributed by atoms with Gasteiger partial charge in [0.05, 0.1) is 25.0 Å². The van der Waals surface area contributed by atoms with Crippen LogP contribution in [0.4, 0.5) is 0 Å². The Hall–Kier alpha value is -0.580. The second kappa shape index (κ2) is 5.85. The van der Waals surface area contributed by atoms with Crippen molar-refractivity contribution in [2.75, 3.05) is 13.2 Å². The van der Waals surface area contributed by atoms with Gasteiger partial charge in [-0.05, 0) is 26.2 Å². The molecule has 0 aromatic carbocycles. The Balaban J connectivity index is 1.81. The summed E-state index contributed by atoms with van der Waals surface area (Å²) in [5.41, 5.74) is 1.91. The van der Waals surface area contributed by atoms with Crippen LogP contribution in [0.3, 0.4) is 0 Å². The molecular formula is C12H19ClN2O2. The zero-order chi connectivity index (χ0) is 12.3. The third kappa shape index (κ3) is 3.21. The predicted molar refractivity (Wildman–Crippen MR) is 66.2 cm³/mol. The highest BCUT2D eigenvalue weighted by Gasteiger charge is 2.15. The van der Waals surface area contributed by atoms with Crippen molar-refractivity contribution in [3.05, 3.63) is 16.4 Å². The molecule has 0 saturated carbocycles. The van der Waals surface area contributed by atoms with E-state index in [9.17, 15) is 0 Å². The topological polar surface area (TPSA) is 36.3 Å². The van der Waals surface area contributed by atoms with Gasteiger partial charge in [-0.25, -0.2) is 0 Å². The van der Waals surface area contributed by atoms with Gasteiger partial charge in [-0.3, -0.25) is 4.68 Å². The van der Waals surface area contributed by atoms with Crippen molar-refractivity contribution in [1.29, 1.82) is 0 Å². The summed E-state index contributed by atoms with van der Waals surface area (Å²) in [6, 6.07) is 0. The monoisotopic (exact) mass is 258 g/mol. The first kappa shape index (κ1) is 12.9. The van der Waals surface area contributed by atoms with Gasteiger partial charge < -0.3 is 9.47 Å². The largest absolute Gasteiger partial charge is 0.376 e. The molecule has 1 aromatic rings. The number of halogens is 1. The molecule has 1 aliphatic rings. The molecule has 0 spiro atoms. The second-order valence-corrected chi connectivity index (χ2v) is 4.84. The summed E-state index contributed by atoms with van der Waals surface area (Å²) in [4.78, 5) is 0. The Labute approximate surface area is 107 Å². The van der Waals surface area contributed by atoms with E-state index in [1.54, 1.807) is 4.68 Å². The number of rotatable bonds is 4. The van der Waals surface area contributed by atoms with Crippen LogP contribution >= 0.6 is 11.6 Å². The molecule has 2 heterocycles. The molecule has 0 N–H and O–H groups in total. The predicted octanol–water partition coefficient (Wildman–Crippen LogP) is 2.47. The van der Waals surface area contributed by atoms with E-state index in [4.69, 9.17) is 21.1 Å². The Morgan fingerprint density at radius 3 is 2.94 bits per heavy atom. The smallest absolute Gasteiger partial charge is 0.132 e. The second-order valence-electron chi connectivity index (χ2n) is 4.48. The van der Waals surface area contributed by atoms with Gasteiger partial charge in [0, 0.05) is 19.2 Å². The third-order valence-electron chi connectivity index (χ3n) is 3.09. The summed E-state index contributed by atoms with van der Waals surface area (Å²) in [7, 11) is 1.84. The van der Waals surface area contributed by atoms with Crippen molar-refractivity contribution in [2.24, 2.45) is 7.05 Å². The van der Waals surface area contributed by atoms with Crippen LogP contribution < -0.4 is 0 Å². The van der Waals surface area contributed by atoms with Crippen molar-refractivity contribution in [1.82, 2.24) is 9.78 Å². The molecule has 0 amide bonds. The highest BCUT2D eigenvalue weighted by molar-refractivity contribution is 6.30. The number of aromatic nitrogens is 2. The van der Waals surface area contributed by atoms with Crippen molar-refractivity contribution in [2.45, 2.75) is 38.9 Å². The highest BCUT2D eigenvalue weighted by atomic mass is 35.5. The minimum absolute atomic E-state index is 0.250. The van der Waals surface area contributed by atoms with E-state index in [-0.39, 0.29) is 6.10 Å². The molecule has 1 saturated heterocycles. The minimum Gasteiger partial charge on any atom is -0.376 e. The van der Waals surface area contributed by atoms with Crippen LogP contribution in [0, 0.1) is 6.92 Å². The minimum atomic E-state index is 0.250. The summed E-state index contributed by atoms with van der Waals surface area (Å²) < 4.78 is 12.9. The summed E-state index contributed by atoms with van der Waals surface area (Å²) in [6.07, 6.45) is 3.75. The van der Waals surface area contributed by atoms with Gasteiger partial charge in [0.25, 0.3) is 0 Å². The molecule has 0 bridgehead atoms. The fourth-order valence-corrected chi connectivity index (χ4v) is 2.30. The van der Waals surface area contributed by atoms with Gasteiger partial charge in [-0.15, -0.1) is 0 Å². The lowest BCUT2D eigenvalue weighted by atomic mass is 10.1. The maximum Gasteiger partial charge on any atom is 0.132 e. The SMILES string of the molecule is Cc1nn(C)c(Cl)c1COCC1CCCCO1. The number of hydrogen-bond acceptors (Lipinski definition) is 3. The molecule has 0 aliphatic carbocycles. The van der Waals surface area contributed by atoms with E-state index in [2.05, 4.69) is 5.10 Å². The molecule has 4 nitrogen and oxygen atoms in total. The number of nitrogens with zero attached hydrogens (tertiary/aromatic N) is 2. The highest BCUT2D eigenvalue weighted by Crippen LogP contribution is 2.20. The molecule has 2 rings (SSSR count). The molecular weight excluding hydrogens is 240 g/mol. The van der Waals surface area contributed by atoms with Crippen LogP contribution in [0.25, 0.3) is 0 Å². The van der Waals surface area contributed by atoms with Gasteiger partial charge >= 0.3 is 0 Å². The van der Waals surface area contributed by atoms with E-state index in [0.717, 1.165) is 24.3 Å². The van der Waals surface area contributed by atoms with E-state index in [0.29, 0.717) is 18.4 Å². The first-order valence-electron chi connectivity index (χ1n) is 6.06. The Morgan fingerprint density at radius 1 is 1.53 bits per heavy atom. The first-order valence-corrected chi connectivity index (χ1v) is 6.43. The third-order valence-corrected chi connectivity index (χ3v) is 3.57. The Morgan fingerprint density at radius 2 is 2.35 bits per heavy atom. The quantitative estimate of drug-likeness (QED) is 0.832. The van der Waals surface area contributed by atoms with Crippen LogP contribution in [0.2, 0.25) is 5.15 Å². The average molecular weight is 259 g/mol. The van der Waals surface area contributed by atoms with Gasteiger partial charge in [0.1, 0.15) is 5.15 Å². The molecule has 1 fully saturated rings. The van der Waals surface area contributed by atoms with E-state index < -0.39 is 0 Å². The Kier molecular flexibility index (Phi) is 4.42. The zero-order valence-corrected chi connectivity index (χ0v) is 11.2. The zero-order valence-electron chi connectivity index (χ0n) is 10.4. The molecule has 1 aromatic heterocycles. The van der Waals surface area contributed by atoms with Crippen LogP contribution in [0.5, 0.6) is 0 Å². The molecule has 17 heavy (non-hydrogen) atoms. The molecule has 96 valence electrons. The summed E-state index contributed by atoms with van der Waals surface area (Å²) in [5.74, 6) is 0. The van der Waals surface area contributed by atoms with E-state index >= 15 is 0 Å². The van der Waals surface area contributed by atoms with Crippen LogP contribution in [-0.2, 0) is 23.1 Å². The van der Waals surface area contributed by atoms with Crippen molar-refractivity contribution in [3.63, 3.8) is 0 Å². The maximum atomic E-state index is 6.12. The number of hydrogen-bond donors (Lipinski definition) is 0. The molecule has 1 unspecified atom stereocenters. The number of aryl methyl sites for hydroxylation is 2. The van der Waals surface area contributed by atoms with Crippen LogP contribution in [0.1, 0.15) is 30.5 Å². The maximum absolute atomic E-state index is 6.12. The standard InChI is InChI=1S/C12H19ClN2O2/c1-9-11(12(13)15(2)14-9)8-16-7-10-5-3-4-6-17-10/h10H,3-8H2,1-2H3. The van der Waals surface area contributed by atoms with Crippen molar-refractivity contribution in [3.8, 4) is 0 Å². The van der Waals surface area contributed by atoms with Gasteiger partial charge in [0.2, 0.25) is 0 Å². The van der Waals surface area contributed by atoms with Gasteiger partial charge in [-0.1, -0.05) is 11.6 Å². The van der Waals surface area contributed by atoms with Crippen LogP contribution in [-0.4, -0.2) is 29.1 Å². The Bertz CT molecular complexity index is 373. The van der Waals surface area contributed by atoms with E-state index in [1.165, 1.54) is 12.8 Å². The lowest BCUT2D eigenvalue weighted by Crippen LogP contribution is -2.24.